The zero-order valence-electron chi connectivity index (χ0n) is 34.1. The van der Waals surface area contributed by atoms with Crippen LogP contribution in [0.4, 0.5) is 0 Å². The lowest BCUT2D eigenvalue weighted by Gasteiger charge is -2.21. The molecule has 0 aromatic carbocycles. The summed E-state index contributed by atoms with van der Waals surface area (Å²) < 4.78 is 0. The Hall–Kier alpha value is -0.0000000000000000763. The predicted octanol–water partition coefficient (Wildman–Crippen LogP) is 13.7. The van der Waals surface area contributed by atoms with Crippen molar-refractivity contribution >= 4 is 33.8 Å². The molecule has 0 heterocycles. The molecule has 0 N–H and O–H groups in total. The Morgan fingerprint density at radius 3 is 1.17 bits per heavy atom. The maximum absolute atomic E-state index is 12.5. The van der Waals surface area contributed by atoms with E-state index in [-0.39, 0.29) is 0 Å². The summed E-state index contributed by atoms with van der Waals surface area (Å²) in [6.45, 7) is 19.7. The summed E-state index contributed by atoms with van der Waals surface area (Å²) >= 11 is 3.22. The fourth-order valence-corrected chi connectivity index (χ4v) is 9.10. The van der Waals surface area contributed by atoms with Crippen molar-refractivity contribution in [3.63, 3.8) is 0 Å². The number of thioether (sulfide) groups is 2. The van der Waals surface area contributed by atoms with Crippen LogP contribution in [0.15, 0.2) is 0 Å². The van der Waals surface area contributed by atoms with E-state index < -0.39 is 0 Å². The highest BCUT2D eigenvalue weighted by atomic mass is 32.2. The highest BCUT2D eigenvalue weighted by Crippen LogP contribution is 2.28. The van der Waals surface area contributed by atoms with Gasteiger partial charge in [-0.25, -0.2) is 0 Å². The van der Waals surface area contributed by atoms with Crippen LogP contribution >= 0.6 is 23.5 Å². The Labute approximate surface area is 310 Å². The first-order valence-electron chi connectivity index (χ1n) is 20.8. The number of hydrogen-bond donors (Lipinski definition) is 0. The molecule has 0 amide bonds. The Kier molecular flexibility index (Phi) is 31.7. The number of nitrogens with zero attached hydrogens (tertiary/aromatic N) is 1. The second-order valence-corrected chi connectivity index (χ2v) is 19.2. The van der Waals surface area contributed by atoms with Gasteiger partial charge in [0, 0.05) is 24.3 Å². The summed E-state index contributed by atoms with van der Waals surface area (Å²) in [5, 5.41) is 0.835. The quantitative estimate of drug-likeness (QED) is 0.0634. The molecule has 2 unspecified atom stereocenters. The van der Waals surface area contributed by atoms with Crippen molar-refractivity contribution < 1.29 is 9.59 Å². The molecule has 48 heavy (non-hydrogen) atoms. The fraction of sp³-hybridized carbons (Fsp3) is 0.953. The molecular weight excluding hydrogens is 627 g/mol. The Bertz CT molecular complexity index is 697. The van der Waals surface area contributed by atoms with Crippen molar-refractivity contribution in [2.45, 2.75) is 190 Å². The predicted molar refractivity (Wildman–Crippen MR) is 220 cm³/mol. The highest BCUT2D eigenvalue weighted by Gasteiger charge is 2.17. The van der Waals surface area contributed by atoms with Crippen LogP contribution < -0.4 is 0 Å². The molecule has 0 saturated heterocycles. The van der Waals surface area contributed by atoms with Crippen molar-refractivity contribution in [1.29, 1.82) is 0 Å². The van der Waals surface area contributed by atoms with Gasteiger partial charge in [-0.05, 0) is 94.2 Å². The molecule has 3 nitrogen and oxygen atoms in total. The van der Waals surface area contributed by atoms with Crippen molar-refractivity contribution in [3.05, 3.63) is 0 Å². The van der Waals surface area contributed by atoms with Crippen LogP contribution in [0, 0.1) is 41.4 Å². The molecular formula is C43H85NO2S2. The molecule has 0 spiro atoms. The fourth-order valence-electron chi connectivity index (χ4n) is 6.62. The van der Waals surface area contributed by atoms with E-state index in [4.69, 9.17) is 0 Å². The van der Waals surface area contributed by atoms with E-state index >= 15 is 0 Å². The average Bonchev–Trinajstić information content (AvgIpc) is 3.00. The van der Waals surface area contributed by atoms with Crippen molar-refractivity contribution in [2.75, 3.05) is 32.1 Å². The van der Waals surface area contributed by atoms with E-state index in [9.17, 15) is 9.59 Å². The SMILES string of the molecule is CC(C)CCC(CSC(=O)CCCCCCCC(CCCCCCCC(=O)SCC(CCC(C)C)C(C)C)CCCCN(C)C)C(C)C. The number of carbonyl (C=O) groups is 2. The molecule has 0 aliphatic carbocycles. The van der Waals surface area contributed by atoms with E-state index in [1.807, 2.05) is 0 Å². The van der Waals surface area contributed by atoms with E-state index in [0.29, 0.717) is 33.9 Å². The Morgan fingerprint density at radius 2 is 0.812 bits per heavy atom. The lowest BCUT2D eigenvalue weighted by atomic mass is 9.90. The first kappa shape index (κ1) is 48.0. The molecule has 0 rings (SSSR count). The average molecular weight is 712 g/mol. The molecule has 0 fully saturated rings. The molecule has 2 atom stereocenters. The van der Waals surface area contributed by atoms with E-state index in [0.717, 1.165) is 54.9 Å². The zero-order valence-corrected chi connectivity index (χ0v) is 35.7. The van der Waals surface area contributed by atoms with Gasteiger partial charge in [0.05, 0.1) is 0 Å². The smallest absolute Gasteiger partial charge is 0.188 e. The molecule has 5 heteroatoms. The third kappa shape index (κ3) is 30.8. The molecule has 0 aromatic rings. The third-order valence-electron chi connectivity index (χ3n) is 10.5. The van der Waals surface area contributed by atoms with Crippen LogP contribution in [0.5, 0.6) is 0 Å². The lowest BCUT2D eigenvalue weighted by Crippen LogP contribution is -2.14. The van der Waals surface area contributed by atoms with Crippen molar-refractivity contribution in [3.8, 4) is 0 Å². The summed E-state index contributed by atoms with van der Waals surface area (Å²) in [6, 6.07) is 0. The molecule has 0 aromatic heterocycles. The second-order valence-electron chi connectivity index (χ2n) is 17.1. The Balaban J connectivity index is 4.19. The number of carbonyl (C=O) groups excluding carboxylic acids is 2. The first-order chi connectivity index (χ1) is 22.8. The minimum atomic E-state index is 0.417. The van der Waals surface area contributed by atoms with E-state index in [1.165, 1.54) is 116 Å². The minimum Gasteiger partial charge on any atom is -0.309 e. The van der Waals surface area contributed by atoms with Crippen LogP contribution in [0.2, 0.25) is 0 Å². The van der Waals surface area contributed by atoms with Crippen molar-refractivity contribution in [1.82, 2.24) is 4.90 Å². The normalized spacial score (nSPS) is 14.1. The molecule has 0 aliphatic heterocycles. The van der Waals surface area contributed by atoms with E-state index in [1.54, 1.807) is 23.5 Å². The van der Waals surface area contributed by atoms with Gasteiger partial charge in [-0.2, -0.15) is 0 Å². The number of hydrogen-bond acceptors (Lipinski definition) is 5. The molecule has 0 saturated carbocycles. The van der Waals surface area contributed by atoms with Gasteiger partial charge >= 0.3 is 0 Å². The second kappa shape index (κ2) is 31.7. The lowest BCUT2D eigenvalue weighted by molar-refractivity contribution is -0.111. The standard InChI is InChI=1S/C43H85NO2S2/c1-35(2)28-30-40(37(5)6)33-47-42(45)26-19-15-11-13-17-23-39(25-21-22-32-44(9)10)24-18-14-12-16-20-27-43(46)48-34-41(38(7)8)31-29-36(3)4/h35-41H,11-34H2,1-10H3. The summed E-state index contributed by atoms with van der Waals surface area (Å²) in [7, 11) is 4.37. The van der Waals surface area contributed by atoms with Crippen LogP contribution in [0.25, 0.3) is 0 Å². The Morgan fingerprint density at radius 1 is 0.458 bits per heavy atom. The first-order valence-corrected chi connectivity index (χ1v) is 22.7. The monoisotopic (exact) mass is 712 g/mol. The molecule has 0 radical (unpaired) electrons. The van der Waals surface area contributed by atoms with Crippen molar-refractivity contribution in [2.24, 2.45) is 41.4 Å². The van der Waals surface area contributed by atoms with Crippen LogP contribution in [-0.4, -0.2) is 47.3 Å². The minimum absolute atomic E-state index is 0.417. The maximum Gasteiger partial charge on any atom is 0.188 e. The highest BCUT2D eigenvalue weighted by molar-refractivity contribution is 8.13. The van der Waals surface area contributed by atoms with Gasteiger partial charge in [-0.15, -0.1) is 0 Å². The summed E-state index contributed by atoms with van der Waals surface area (Å²) in [6.07, 6.45) is 25.8. The number of unbranched alkanes of at least 4 members (excludes halogenated alkanes) is 9. The maximum atomic E-state index is 12.5. The van der Waals surface area contributed by atoms with Gasteiger partial charge in [0.2, 0.25) is 0 Å². The third-order valence-corrected chi connectivity index (χ3v) is 12.7. The largest absolute Gasteiger partial charge is 0.309 e. The van der Waals surface area contributed by atoms with Crippen LogP contribution in [-0.2, 0) is 9.59 Å². The molecule has 286 valence electrons. The van der Waals surface area contributed by atoms with Crippen LogP contribution in [0.1, 0.15) is 190 Å². The van der Waals surface area contributed by atoms with Gasteiger partial charge in [0.25, 0.3) is 0 Å². The summed E-state index contributed by atoms with van der Waals surface area (Å²) in [5.41, 5.74) is 0. The summed E-state index contributed by atoms with van der Waals surface area (Å²) in [4.78, 5) is 27.3. The van der Waals surface area contributed by atoms with Gasteiger partial charge in [0.1, 0.15) is 0 Å². The van der Waals surface area contributed by atoms with Gasteiger partial charge in [0.15, 0.2) is 10.2 Å². The zero-order chi connectivity index (χ0) is 36.2. The molecule has 0 bridgehead atoms. The topological polar surface area (TPSA) is 37.4 Å². The number of rotatable bonds is 33. The molecule has 0 aliphatic rings. The van der Waals surface area contributed by atoms with Gasteiger partial charge in [-0.3, -0.25) is 9.59 Å². The van der Waals surface area contributed by atoms with Gasteiger partial charge < -0.3 is 4.90 Å². The van der Waals surface area contributed by atoms with E-state index in [2.05, 4.69) is 74.4 Å². The summed E-state index contributed by atoms with van der Waals surface area (Å²) in [5.74, 6) is 7.07. The van der Waals surface area contributed by atoms with Crippen LogP contribution in [0.3, 0.4) is 0 Å². The van der Waals surface area contributed by atoms with Gasteiger partial charge in [-0.1, -0.05) is 169 Å².